The van der Waals surface area contributed by atoms with Gasteiger partial charge in [-0.1, -0.05) is 176 Å². The number of benzene rings is 9. The molecule has 1 heteroatoms. The Morgan fingerprint density at radius 1 is 0.280 bits per heavy atom. The molecule has 0 bridgehead atoms. The van der Waals surface area contributed by atoms with Crippen LogP contribution >= 0.6 is 0 Å². The first-order valence-electron chi connectivity index (χ1n) is 17.3. The molecule has 0 saturated heterocycles. The van der Waals surface area contributed by atoms with Crippen molar-refractivity contribution in [2.75, 3.05) is 0 Å². The van der Waals surface area contributed by atoms with Gasteiger partial charge in [0, 0.05) is 11.1 Å². The molecule has 50 heavy (non-hydrogen) atoms. The van der Waals surface area contributed by atoms with Crippen LogP contribution in [0.25, 0.3) is 54.6 Å². The highest BCUT2D eigenvalue weighted by Crippen LogP contribution is 2.55. The summed E-state index contributed by atoms with van der Waals surface area (Å²) in [5, 5.41) is 7.76. The fourth-order valence-electron chi connectivity index (χ4n) is 8.33. The summed E-state index contributed by atoms with van der Waals surface area (Å²) in [7, 11) is 0. The Bertz CT molecular complexity index is 2630. The SMILES string of the molecule is c1ccc(C2(c3ccccc3)c3ccccc3Oc3cc(-c4ccc(-c5ccc6c7ccccc7c7ccccc7c6c5)cc4)ccc32)cc1. The topological polar surface area (TPSA) is 9.23 Å². The van der Waals surface area contributed by atoms with Crippen molar-refractivity contribution in [3.05, 3.63) is 216 Å². The molecule has 1 aliphatic rings. The van der Waals surface area contributed by atoms with E-state index < -0.39 is 5.41 Å². The highest BCUT2D eigenvalue weighted by molar-refractivity contribution is 6.25. The summed E-state index contributed by atoms with van der Waals surface area (Å²) in [6.07, 6.45) is 0. The highest BCUT2D eigenvalue weighted by atomic mass is 16.5. The fraction of sp³-hybridized carbons (Fsp3) is 0.0204. The first kappa shape index (κ1) is 28.6. The zero-order valence-corrected chi connectivity index (χ0v) is 27.4. The van der Waals surface area contributed by atoms with Gasteiger partial charge in [-0.3, -0.25) is 0 Å². The van der Waals surface area contributed by atoms with Crippen LogP contribution in [0.3, 0.4) is 0 Å². The summed E-state index contributed by atoms with van der Waals surface area (Å²) in [5.74, 6) is 1.77. The van der Waals surface area contributed by atoms with Crippen LogP contribution in [0.4, 0.5) is 0 Å². The zero-order chi connectivity index (χ0) is 33.1. The van der Waals surface area contributed by atoms with Crippen LogP contribution in [0.5, 0.6) is 11.5 Å². The largest absolute Gasteiger partial charge is 0.457 e. The maximum absolute atomic E-state index is 6.74. The molecule has 0 unspecified atom stereocenters. The van der Waals surface area contributed by atoms with Gasteiger partial charge in [0.15, 0.2) is 0 Å². The van der Waals surface area contributed by atoms with Crippen LogP contribution in [0.15, 0.2) is 194 Å². The minimum absolute atomic E-state index is 0.513. The summed E-state index contributed by atoms with van der Waals surface area (Å²) in [6, 6.07) is 70.2. The number of fused-ring (bicyclic) bond motifs is 8. The van der Waals surface area contributed by atoms with E-state index in [0.717, 1.165) is 33.8 Å². The molecule has 9 aromatic carbocycles. The predicted molar refractivity (Wildman–Crippen MR) is 208 cm³/mol. The Hall–Kier alpha value is -6.44. The van der Waals surface area contributed by atoms with Crippen molar-refractivity contribution >= 4 is 32.3 Å². The molecule has 0 spiro atoms. The second-order valence-corrected chi connectivity index (χ2v) is 13.2. The van der Waals surface area contributed by atoms with Crippen LogP contribution in [0, 0.1) is 0 Å². The van der Waals surface area contributed by atoms with Gasteiger partial charge in [-0.15, -0.1) is 0 Å². The quantitative estimate of drug-likeness (QED) is 0.175. The van der Waals surface area contributed by atoms with Crippen molar-refractivity contribution in [2.24, 2.45) is 0 Å². The Balaban J connectivity index is 1.08. The van der Waals surface area contributed by atoms with Crippen molar-refractivity contribution in [2.45, 2.75) is 5.41 Å². The molecule has 10 rings (SSSR count). The lowest BCUT2D eigenvalue weighted by atomic mass is 9.63. The van der Waals surface area contributed by atoms with Crippen molar-refractivity contribution in [1.82, 2.24) is 0 Å². The average Bonchev–Trinajstić information content (AvgIpc) is 3.20. The van der Waals surface area contributed by atoms with E-state index in [-0.39, 0.29) is 0 Å². The second kappa shape index (κ2) is 11.3. The van der Waals surface area contributed by atoms with Crippen molar-refractivity contribution in [1.29, 1.82) is 0 Å². The van der Waals surface area contributed by atoms with Crippen molar-refractivity contribution in [3.63, 3.8) is 0 Å². The van der Waals surface area contributed by atoms with E-state index >= 15 is 0 Å². The van der Waals surface area contributed by atoms with E-state index in [1.807, 2.05) is 0 Å². The van der Waals surface area contributed by atoms with E-state index in [1.54, 1.807) is 0 Å². The van der Waals surface area contributed by atoms with Crippen LogP contribution in [-0.4, -0.2) is 0 Å². The molecular formula is C49H32O. The number of ether oxygens (including phenoxy) is 1. The van der Waals surface area contributed by atoms with Crippen LogP contribution in [0.2, 0.25) is 0 Å². The van der Waals surface area contributed by atoms with Gasteiger partial charge in [0.2, 0.25) is 0 Å². The van der Waals surface area contributed by atoms with Gasteiger partial charge in [-0.05, 0) is 83.9 Å². The minimum Gasteiger partial charge on any atom is -0.457 e. The number of rotatable bonds is 4. The number of hydrogen-bond donors (Lipinski definition) is 0. The number of hydrogen-bond acceptors (Lipinski definition) is 1. The van der Waals surface area contributed by atoms with E-state index in [9.17, 15) is 0 Å². The molecule has 9 aromatic rings. The van der Waals surface area contributed by atoms with E-state index in [1.165, 1.54) is 54.6 Å². The van der Waals surface area contributed by atoms with Crippen LogP contribution in [0.1, 0.15) is 22.3 Å². The predicted octanol–water partition coefficient (Wildman–Crippen LogP) is 13.0. The third-order valence-corrected chi connectivity index (χ3v) is 10.6. The molecule has 1 aliphatic heterocycles. The van der Waals surface area contributed by atoms with E-state index in [0.29, 0.717) is 0 Å². The van der Waals surface area contributed by atoms with Gasteiger partial charge in [-0.25, -0.2) is 0 Å². The lowest BCUT2D eigenvalue weighted by molar-refractivity contribution is 0.435. The molecule has 0 atom stereocenters. The molecule has 234 valence electrons. The summed E-state index contributed by atoms with van der Waals surface area (Å²) in [6.45, 7) is 0. The van der Waals surface area contributed by atoms with Gasteiger partial charge in [0.25, 0.3) is 0 Å². The summed E-state index contributed by atoms with van der Waals surface area (Å²) in [5.41, 5.74) is 8.91. The molecule has 0 fully saturated rings. The lowest BCUT2D eigenvalue weighted by Gasteiger charge is -2.41. The molecule has 0 aliphatic carbocycles. The Kier molecular flexibility index (Phi) is 6.47. The molecule has 1 heterocycles. The number of para-hydroxylation sites is 1. The third-order valence-electron chi connectivity index (χ3n) is 10.6. The van der Waals surface area contributed by atoms with Gasteiger partial charge >= 0.3 is 0 Å². The summed E-state index contributed by atoms with van der Waals surface area (Å²) < 4.78 is 6.74. The zero-order valence-electron chi connectivity index (χ0n) is 27.4. The van der Waals surface area contributed by atoms with Crippen molar-refractivity contribution < 1.29 is 4.74 Å². The first-order valence-corrected chi connectivity index (χ1v) is 17.3. The fourth-order valence-corrected chi connectivity index (χ4v) is 8.33. The monoisotopic (exact) mass is 636 g/mol. The maximum Gasteiger partial charge on any atom is 0.132 e. The van der Waals surface area contributed by atoms with Gasteiger partial charge < -0.3 is 4.74 Å². The van der Waals surface area contributed by atoms with E-state index in [4.69, 9.17) is 4.74 Å². The maximum atomic E-state index is 6.74. The molecule has 0 radical (unpaired) electrons. The van der Waals surface area contributed by atoms with Gasteiger partial charge in [0.1, 0.15) is 11.5 Å². The normalized spacial score (nSPS) is 13.1. The highest BCUT2D eigenvalue weighted by Gasteiger charge is 2.45. The van der Waals surface area contributed by atoms with Gasteiger partial charge in [0.05, 0.1) is 5.41 Å². The van der Waals surface area contributed by atoms with Crippen LogP contribution < -0.4 is 4.74 Å². The Morgan fingerprint density at radius 2 is 0.700 bits per heavy atom. The molecule has 0 aromatic heterocycles. The molecule has 0 amide bonds. The Labute approximate surface area is 291 Å². The van der Waals surface area contributed by atoms with Gasteiger partial charge in [-0.2, -0.15) is 0 Å². The molecular weight excluding hydrogens is 605 g/mol. The van der Waals surface area contributed by atoms with Crippen molar-refractivity contribution in [3.8, 4) is 33.8 Å². The minimum atomic E-state index is -0.513. The molecule has 0 N–H and O–H groups in total. The van der Waals surface area contributed by atoms with E-state index in [2.05, 4.69) is 194 Å². The smallest absolute Gasteiger partial charge is 0.132 e. The van der Waals surface area contributed by atoms with Crippen LogP contribution in [-0.2, 0) is 5.41 Å². The molecule has 1 nitrogen and oxygen atoms in total. The standard InChI is InChI=1S/C49H32O/c1-3-13-37(14-4-1)49(38-15-5-2-6-16-38)45-21-11-12-22-47(45)50-48-32-36(28-30-46(48)49)34-25-23-33(24-26-34)35-27-29-43-41-19-8-7-17-39(41)40-18-9-10-20-42(40)44(43)31-35/h1-32H. The Morgan fingerprint density at radius 3 is 1.30 bits per heavy atom. The summed E-state index contributed by atoms with van der Waals surface area (Å²) in [4.78, 5) is 0. The first-order chi connectivity index (χ1) is 24.8. The average molecular weight is 637 g/mol. The molecule has 0 saturated carbocycles. The summed E-state index contributed by atoms with van der Waals surface area (Å²) >= 11 is 0. The lowest BCUT2D eigenvalue weighted by Crippen LogP contribution is -2.34. The second-order valence-electron chi connectivity index (χ2n) is 13.2. The third kappa shape index (κ3) is 4.27.